The number of aromatic nitrogens is 1. The fourth-order valence-corrected chi connectivity index (χ4v) is 3.55. The van der Waals surface area contributed by atoms with Crippen molar-refractivity contribution in [1.82, 2.24) is 9.88 Å². The van der Waals surface area contributed by atoms with Gasteiger partial charge in [0.05, 0.1) is 19.3 Å². The number of piperidine rings is 1. The highest BCUT2D eigenvalue weighted by Crippen LogP contribution is 2.42. The molecule has 1 spiro atoms. The minimum atomic E-state index is 0.0471. The van der Waals surface area contributed by atoms with Crippen molar-refractivity contribution in [3.05, 3.63) is 29.6 Å². The second-order valence-corrected chi connectivity index (χ2v) is 6.55. The Hall–Kier alpha value is -1.46. The Morgan fingerprint density at radius 2 is 2.23 bits per heavy atom. The van der Waals surface area contributed by atoms with Crippen LogP contribution in [0.2, 0.25) is 0 Å². The van der Waals surface area contributed by atoms with Gasteiger partial charge in [-0.15, -0.1) is 0 Å². The lowest BCUT2D eigenvalue weighted by atomic mass is 9.76. The third kappa shape index (κ3) is 3.15. The average molecular weight is 304 g/mol. The maximum atomic E-state index is 12.5. The maximum Gasteiger partial charge on any atom is 0.272 e. The Morgan fingerprint density at radius 3 is 2.91 bits per heavy atom. The van der Waals surface area contributed by atoms with Crippen molar-refractivity contribution in [2.45, 2.75) is 32.3 Å². The van der Waals surface area contributed by atoms with Crippen LogP contribution < -0.4 is 0 Å². The molecule has 1 aromatic heterocycles. The Balaban J connectivity index is 1.59. The molecule has 1 aromatic rings. The normalized spacial score (nSPS) is 23.9. The quantitative estimate of drug-likeness (QED) is 0.857. The molecule has 2 aliphatic rings. The monoisotopic (exact) mass is 304 g/mol. The minimum absolute atomic E-state index is 0.0471. The summed E-state index contributed by atoms with van der Waals surface area (Å²) in [5.41, 5.74) is 1.67. The fraction of sp³-hybridized carbons (Fsp3) is 0.647. The lowest BCUT2D eigenvalue weighted by Gasteiger charge is -2.38. The van der Waals surface area contributed by atoms with Crippen LogP contribution in [-0.2, 0) is 9.47 Å². The van der Waals surface area contributed by atoms with Gasteiger partial charge in [0, 0.05) is 25.9 Å². The number of ether oxygens (including phenoxy) is 2. The fourth-order valence-electron chi connectivity index (χ4n) is 3.55. The van der Waals surface area contributed by atoms with Crippen LogP contribution in [0.4, 0.5) is 0 Å². The van der Waals surface area contributed by atoms with Crippen LogP contribution in [0.25, 0.3) is 0 Å². The molecule has 2 aliphatic heterocycles. The maximum absolute atomic E-state index is 12.5. The van der Waals surface area contributed by atoms with Crippen molar-refractivity contribution in [2.75, 3.05) is 33.4 Å². The van der Waals surface area contributed by atoms with E-state index < -0.39 is 0 Å². The van der Waals surface area contributed by atoms with Crippen LogP contribution in [0.15, 0.2) is 18.2 Å². The Labute approximate surface area is 131 Å². The highest BCUT2D eigenvalue weighted by atomic mass is 16.5. The molecule has 0 aliphatic carbocycles. The smallest absolute Gasteiger partial charge is 0.272 e. The van der Waals surface area contributed by atoms with Crippen LogP contribution in [-0.4, -0.2) is 55.3 Å². The van der Waals surface area contributed by atoms with Crippen molar-refractivity contribution in [3.63, 3.8) is 0 Å². The van der Waals surface area contributed by atoms with Gasteiger partial charge in [0.2, 0.25) is 0 Å². The van der Waals surface area contributed by atoms with Gasteiger partial charge in [-0.2, -0.15) is 0 Å². The van der Waals surface area contributed by atoms with Gasteiger partial charge < -0.3 is 14.4 Å². The van der Waals surface area contributed by atoms with E-state index in [0.29, 0.717) is 12.3 Å². The van der Waals surface area contributed by atoms with E-state index in [1.807, 2.05) is 24.0 Å². The molecule has 1 atom stereocenters. The van der Waals surface area contributed by atoms with Crippen molar-refractivity contribution < 1.29 is 14.3 Å². The zero-order valence-corrected chi connectivity index (χ0v) is 13.4. The van der Waals surface area contributed by atoms with Crippen molar-refractivity contribution in [2.24, 2.45) is 5.41 Å². The number of aryl methyl sites for hydroxylation is 1. The van der Waals surface area contributed by atoms with E-state index >= 15 is 0 Å². The van der Waals surface area contributed by atoms with Crippen molar-refractivity contribution in [3.8, 4) is 0 Å². The van der Waals surface area contributed by atoms with Gasteiger partial charge in [-0.25, -0.2) is 4.98 Å². The van der Waals surface area contributed by atoms with Crippen molar-refractivity contribution >= 4 is 5.91 Å². The predicted octanol–water partition coefficient (Wildman–Crippen LogP) is 2.05. The molecular formula is C17H24N2O3. The standard InChI is InChI=1S/C17H24N2O3/c1-13-4-3-5-15(18-13)16(20)19-8-6-17(7-9-19)10-14(11-21-2)22-12-17/h3-5,14H,6-12H2,1-2H3. The summed E-state index contributed by atoms with van der Waals surface area (Å²) in [5.74, 6) is 0.0471. The van der Waals surface area contributed by atoms with Crippen LogP contribution >= 0.6 is 0 Å². The highest BCUT2D eigenvalue weighted by molar-refractivity contribution is 5.92. The molecule has 0 N–H and O–H groups in total. The molecule has 3 heterocycles. The first-order valence-electron chi connectivity index (χ1n) is 7.95. The molecule has 5 heteroatoms. The molecule has 5 nitrogen and oxygen atoms in total. The molecule has 2 fully saturated rings. The summed E-state index contributed by atoms with van der Waals surface area (Å²) in [6.45, 7) is 4.95. The van der Waals surface area contributed by atoms with E-state index in [1.54, 1.807) is 13.2 Å². The van der Waals surface area contributed by atoms with Gasteiger partial charge in [0.1, 0.15) is 5.69 Å². The second-order valence-electron chi connectivity index (χ2n) is 6.55. The molecular weight excluding hydrogens is 280 g/mol. The third-order valence-corrected chi connectivity index (χ3v) is 4.86. The summed E-state index contributed by atoms with van der Waals surface area (Å²) in [7, 11) is 1.71. The van der Waals surface area contributed by atoms with Crippen LogP contribution in [0.1, 0.15) is 35.4 Å². The largest absolute Gasteiger partial charge is 0.382 e. The number of hydrogen-bond acceptors (Lipinski definition) is 4. The molecule has 2 saturated heterocycles. The number of rotatable bonds is 3. The van der Waals surface area contributed by atoms with Gasteiger partial charge in [0.15, 0.2) is 0 Å². The zero-order chi connectivity index (χ0) is 15.6. The first-order chi connectivity index (χ1) is 10.6. The second kappa shape index (κ2) is 6.34. The summed E-state index contributed by atoms with van der Waals surface area (Å²) in [5, 5.41) is 0. The lowest BCUT2D eigenvalue weighted by molar-refractivity contribution is 0.0280. The van der Waals surface area contributed by atoms with E-state index in [4.69, 9.17) is 9.47 Å². The molecule has 22 heavy (non-hydrogen) atoms. The number of methoxy groups -OCH3 is 1. The summed E-state index contributed by atoms with van der Waals surface area (Å²) in [6, 6.07) is 5.60. The minimum Gasteiger partial charge on any atom is -0.382 e. The number of nitrogens with zero attached hydrogens (tertiary/aromatic N) is 2. The Kier molecular flexibility index (Phi) is 4.45. The Morgan fingerprint density at radius 1 is 1.45 bits per heavy atom. The van der Waals surface area contributed by atoms with Gasteiger partial charge >= 0.3 is 0 Å². The molecule has 0 bridgehead atoms. The Bertz CT molecular complexity index is 538. The molecule has 1 unspecified atom stereocenters. The first kappa shape index (κ1) is 15.4. The molecule has 120 valence electrons. The number of pyridine rings is 1. The number of likely N-dealkylation sites (tertiary alicyclic amines) is 1. The van der Waals surface area contributed by atoms with Gasteiger partial charge in [0.25, 0.3) is 5.91 Å². The highest BCUT2D eigenvalue weighted by Gasteiger charge is 2.43. The molecule has 0 radical (unpaired) electrons. The van der Waals surface area contributed by atoms with E-state index in [2.05, 4.69) is 4.98 Å². The van der Waals surface area contributed by atoms with E-state index in [-0.39, 0.29) is 17.4 Å². The topological polar surface area (TPSA) is 51.7 Å². The summed E-state index contributed by atoms with van der Waals surface area (Å²) >= 11 is 0. The van der Waals surface area contributed by atoms with Gasteiger partial charge in [-0.05, 0) is 43.7 Å². The van der Waals surface area contributed by atoms with E-state index in [0.717, 1.165) is 44.7 Å². The molecule has 0 saturated carbocycles. The average Bonchev–Trinajstić information content (AvgIpc) is 2.90. The van der Waals surface area contributed by atoms with E-state index in [1.165, 1.54) is 0 Å². The number of carbonyl (C=O) groups excluding carboxylic acids is 1. The summed E-state index contributed by atoms with van der Waals surface area (Å²) in [4.78, 5) is 18.8. The first-order valence-corrected chi connectivity index (χ1v) is 7.95. The SMILES string of the molecule is COCC1CC2(CCN(C(=O)c3cccc(C)n3)CC2)CO1. The lowest BCUT2D eigenvalue weighted by Crippen LogP contribution is -2.43. The summed E-state index contributed by atoms with van der Waals surface area (Å²) in [6.07, 6.45) is 3.27. The molecule has 3 rings (SSSR count). The van der Waals surface area contributed by atoms with Crippen molar-refractivity contribution in [1.29, 1.82) is 0 Å². The number of carbonyl (C=O) groups is 1. The number of hydrogen-bond donors (Lipinski definition) is 0. The van der Waals surface area contributed by atoms with Gasteiger partial charge in [-0.3, -0.25) is 4.79 Å². The van der Waals surface area contributed by atoms with Gasteiger partial charge in [-0.1, -0.05) is 6.07 Å². The molecule has 0 aromatic carbocycles. The number of amides is 1. The third-order valence-electron chi connectivity index (χ3n) is 4.86. The van der Waals surface area contributed by atoms with Crippen LogP contribution in [0.5, 0.6) is 0 Å². The molecule has 1 amide bonds. The predicted molar refractivity (Wildman–Crippen MR) is 82.8 cm³/mol. The van der Waals surface area contributed by atoms with Crippen LogP contribution in [0, 0.1) is 12.3 Å². The summed E-state index contributed by atoms with van der Waals surface area (Å²) < 4.78 is 11.0. The zero-order valence-electron chi connectivity index (χ0n) is 13.4. The van der Waals surface area contributed by atoms with E-state index in [9.17, 15) is 4.79 Å². The van der Waals surface area contributed by atoms with Crippen LogP contribution in [0.3, 0.4) is 0 Å².